The fraction of sp³-hybridized carbons (Fsp3) is 0.0968. The van der Waals surface area contributed by atoms with Crippen molar-refractivity contribution >= 4 is 35.3 Å². The van der Waals surface area contributed by atoms with Gasteiger partial charge in [0.2, 0.25) is 0 Å². The average molecular weight is 527 g/mol. The Kier molecular flexibility index (Phi) is 9.32. The molecule has 192 valence electrons. The van der Waals surface area contributed by atoms with E-state index in [4.69, 9.17) is 4.74 Å². The predicted molar refractivity (Wildman–Crippen MR) is 151 cm³/mol. The van der Waals surface area contributed by atoms with Crippen molar-refractivity contribution in [2.45, 2.75) is 17.6 Å². The maximum absolute atomic E-state index is 13.9. The Morgan fingerprint density at radius 2 is 1.55 bits per heavy atom. The normalized spacial score (nSPS) is 11.1. The molecule has 5 nitrogen and oxygen atoms in total. The van der Waals surface area contributed by atoms with Crippen LogP contribution < -0.4 is 15.4 Å². The van der Waals surface area contributed by atoms with E-state index >= 15 is 0 Å². The maximum Gasteiger partial charge on any atom is 0.272 e. The van der Waals surface area contributed by atoms with E-state index in [0.29, 0.717) is 40.5 Å². The summed E-state index contributed by atoms with van der Waals surface area (Å²) in [5.74, 6) is -0.0129. The standard InChI is InChI=1S/C31H27FN2O3S/c1-2-37-29-15-9-7-12-23(29)20-28(34-30(35)22-10-4-3-5-11-22)31(36)33-25-16-18-26(19-17-25)38-21-24-13-6-8-14-27(24)32/h3-20H,2,21H2,1H3,(H,33,36)(H,34,35)/b28-20-. The quantitative estimate of drug-likeness (QED) is 0.174. The molecule has 0 heterocycles. The fourth-order valence-electron chi connectivity index (χ4n) is 3.59. The van der Waals surface area contributed by atoms with Crippen LogP contribution in [0.25, 0.3) is 6.08 Å². The Hall–Kier alpha value is -4.36. The average Bonchev–Trinajstić information content (AvgIpc) is 2.94. The van der Waals surface area contributed by atoms with Crippen LogP contribution in [-0.4, -0.2) is 18.4 Å². The number of thioether (sulfide) groups is 1. The third-order valence-electron chi connectivity index (χ3n) is 5.51. The second-order valence-corrected chi connectivity index (χ2v) is 9.26. The molecule has 7 heteroatoms. The number of benzene rings is 4. The van der Waals surface area contributed by atoms with Crippen LogP contribution in [0.15, 0.2) is 114 Å². The van der Waals surface area contributed by atoms with Crippen molar-refractivity contribution in [1.82, 2.24) is 5.32 Å². The van der Waals surface area contributed by atoms with Gasteiger partial charge in [-0.1, -0.05) is 54.6 Å². The van der Waals surface area contributed by atoms with Crippen LogP contribution >= 0.6 is 11.8 Å². The number of amides is 2. The highest BCUT2D eigenvalue weighted by Gasteiger charge is 2.16. The molecule has 38 heavy (non-hydrogen) atoms. The molecule has 2 amide bonds. The maximum atomic E-state index is 13.9. The molecule has 0 aliphatic heterocycles. The van der Waals surface area contributed by atoms with Gasteiger partial charge in [0.25, 0.3) is 11.8 Å². The molecule has 0 spiro atoms. The molecular formula is C31H27FN2O3S. The number of nitrogens with one attached hydrogen (secondary N) is 2. The van der Waals surface area contributed by atoms with Crippen LogP contribution in [0.5, 0.6) is 5.75 Å². The molecule has 0 saturated heterocycles. The first kappa shape index (κ1) is 26.7. The molecular weight excluding hydrogens is 499 g/mol. The van der Waals surface area contributed by atoms with Gasteiger partial charge in [0.1, 0.15) is 17.3 Å². The Morgan fingerprint density at radius 3 is 2.29 bits per heavy atom. The van der Waals surface area contributed by atoms with Gasteiger partial charge >= 0.3 is 0 Å². The van der Waals surface area contributed by atoms with Gasteiger partial charge in [0.15, 0.2) is 0 Å². The van der Waals surface area contributed by atoms with Crippen LogP contribution in [0.2, 0.25) is 0 Å². The molecule has 0 atom stereocenters. The second kappa shape index (κ2) is 13.3. The minimum atomic E-state index is -0.479. The lowest BCUT2D eigenvalue weighted by atomic mass is 10.1. The van der Waals surface area contributed by atoms with Gasteiger partial charge in [0, 0.05) is 27.5 Å². The van der Waals surface area contributed by atoms with E-state index in [0.717, 1.165) is 4.90 Å². The van der Waals surface area contributed by atoms with Gasteiger partial charge < -0.3 is 15.4 Å². The summed E-state index contributed by atoms with van der Waals surface area (Å²) in [5.41, 5.74) is 2.35. The van der Waals surface area contributed by atoms with Crippen molar-refractivity contribution in [2.75, 3.05) is 11.9 Å². The van der Waals surface area contributed by atoms with Gasteiger partial charge in [-0.3, -0.25) is 9.59 Å². The molecule has 0 aliphatic carbocycles. The Bertz CT molecular complexity index is 1420. The van der Waals surface area contributed by atoms with Gasteiger partial charge in [-0.05, 0) is 67.1 Å². The van der Waals surface area contributed by atoms with Crippen LogP contribution in [0.1, 0.15) is 28.4 Å². The molecule has 0 aliphatic rings. The molecule has 4 aromatic carbocycles. The lowest BCUT2D eigenvalue weighted by molar-refractivity contribution is -0.113. The minimum absolute atomic E-state index is 0.0732. The van der Waals surface area contributed by atoms with Crippen LogP contribution in [-0.2, 0) is 10.5 Å². The fourth-order valence-corrected chi connectivity index (χ4v) is 4.48. The number of halogens is 1. The number of carbonyl (C=O) groups excluding carboxylic acids is 2. The monoisotopic (exact) mass is 526 g/mol. The van der Waals surface area contributed by atoms with E-state index in [1.165, 1.54) is 17.8 Å². The summed E-state index contributed by atoms with van der Waals surface area (Å²) in [4.78, 5) is 27.1. The van der Waals surface area contributed by atoms with Gasteiger partial charge in [-0.15, -0.1) is 11.8 Å². The molecule has 0 radical (unpaired) electrons. The number of hydrogen-bond acceptors (Lipinski definition) is 4. The van der Waals surface area contributed by atoms with Crippen LogP contribution in [0.4, 0.5) is 10.1 Å². The molecule has 0 aromatic heterocycles. The minimum Gasteiger partial charge on any atom is -0.493 e. The highest BCUT2D eigenvalue weighted by atomic mass is 32.2. The van der Waals surface area contributed by atoms with Crippen molar-refractivity contribution in [3.63, 3.8) is 0 Å². The molecule has 4 rings (SSSR count). The van der Waals surface area contributed by atoms with E-state index < -0.39 is 11.8 Å². The summed E-state index contributed by atoms with van der Waals surface area (Å²) in [7, 11) is 0. The lowest BCUT2D eigenvalue weighted by Crippen LogP contribution is -2.30. The third-order valence-corrected chi connectivity index (χ3v) is 6.57. The zero-order valence-corrected chi connectivity index (χ0v) is 21.6. The lowest BCUT2D eigenvalue weighted by Gasteiger charge is -2.13. The summed E-state index contributed by atoms with van der Waals surface area (Å²) in [6, 6.07) is 29.9. The highest BCUT2D eigenvalue weighted by molar-refractivity contribution is 7.98. The first-order valence-corrected chi connectivity index (χ1v) is 13.1. The molecule has 2 N–H and O–H groups in total. The SMILES string of the molecule is CCOc1ccccc1/C=C(\NC(=O)c1ccccc1)C(=O)Nc1ccc(SCc2ccccc2F)cc1. The van der Waals surface area contributed by atoms with Crippen LogP contribution in [0, 0.1) is 5.82 Å². The molecule has 0 bridgehead atoms. The smallest absolute Gasteiger partial charge is 0.272 e. The summed E-state index contributed by atoms with van der Waals surface area (Å²) >= 11 is 1.50. The largest absolute Gasteiger partial charge is 0.493 e. The van der Waals surface area contributed by atoms with E-state index in [1.807, 2.05) is 55.5 Å². The molecule has 4 aromatic rings. The summed E-state index contributed by atoms with van der Waals surface area (Å²) < 4.78 is 19.6. The van der Waals surface area contributed by atoms with E-state index in [2.05, 4.69) is 10.6 Å². The number of hydrogen-bond donors (Lipinski definition) is 2. The first-order valence-electron chi connectivity index (χ1n) is 12.1. The van der Waals surface area contributed by atoms with Crippen LogP contribution in [0.3, 0.4) is 0 Å². The van der Waals surface area contributed by atoms with Gasteiger partial charge in [0.05, 0.1) is 6.61 Å². The highest BCUT2D eigenvalue weighted by Crippen LogP contribution is 2.26. The van der Waals surface area contributed by atoms with Crippen molar-refractivity contribution in [3.05, 3.63) is 131 Å². The van der Waals surface area contributed by atoms with Crippen molar-refractivity contribution in [1.29, 1.82) is 0 Å². The van der Waals surface area contributed by atoms with E-state index in [1.54, 1.807) is 54.6 Å². The predicted octanol–water partition coefficient (Wildman–Crippen LogP) is 6.93. The molecule has 0 saturated carbocycles. The molecule has 0 unspecified atom stereocenters. The topological polar surface area (TPSA) is 67.4 Å². The van der Waals surface area contributed by atoms with Crippen molar-refractivity contribution in [2.24, 2.45) is 0 Å². The van der Waals surface area contributed by atoms with Crippen molar-refractivity contribution in [3.8, 4) is 5.75 Å². The number of rotatable bonds is 10. The third kappa shape index (κ3) is 7.33. The van der Waals surface area contributed by atoms with Crippen molar-refractivity contribution < 1.29 is 18.7 Å². The van der Waals surface area contributed by atoms with Gasteiger partial charge in [-0.25, -0.2) is 4.39 Å². The number of para-hydroxylation sites is 1. The zero-order valence-electron chi connectivity index (χ0n) is 20.8. The molecule has 0 fully saturated rings. The summed E-state index contributed by atoms with van der Waals surface area (Å²) in [6.07, 6.45) is 1.60. The Morgan fingerprint density at radius 1 is 0.868 bits per heavy atom. The van der Waals surface area contributed by atoms with E-state index in [9.17, 15) is 14.0 Å². The van der Waals surface area contributed by atoms with E-state index in [-0.39, 0.29) is 11.5 Å². The second-order valence-electron chi connectivity index (χ2n) is 8.21. The Balaban J connectivity index is 1.51. The Labute approximate surface area is 225 Å². The zero-order chi connectivity index (χ0) is 26.7. The van der Waals surface area contributed by atoms with Gasteiger partial charge in [-0.2, -0.15) is 0 Å². The summed E-state index contributed by atoms with van der Waals surface area (Å²) in [5, 5.41) is 5.59. The number of ether oxygens (including phenoxy) is 1. The summed E-state index contributed by atoms with van der Waals surface area (Å²) in [6.45, 7) is 2.34. The first-order chi connectivity index (χ1) is 18.5. The number of carbonyl (C=O) groups is 2. The number of anilines is 1.